The van der Waals surface area contributed by atoms with Crippen LogP contribution in [0.25, 0.3) is 0 Å². The van der Waals surface area contributed by atoms with E-state index in [1.165, 1.54) is 5.56 Å². The van der Waals surface area contributed by atoms with E-state index >= 15 is 0 Å². The molecule has 0 aliphatic heterocycles. The summed E-state index contributed by atoms with van der Waals surface area (Å²) in [5, 5.41) is 0. The second-order valence-corrected chi connectivity index (χ2v) is 8.51. The molecule has 3 atom stereocenters. The van der Waals surface area contributed by atoms with Crippen LogP contribution in [0, 0.1) is 18.8 Å². The number of ether oxygens (including phenoxy) is 2. The van der Waals surface area contributed by atoms with Gasteiger partial charge in [-0.05, 0) is 46.1 Å². The van der Waals surface area contributed by atoms with Crippen LogP contribution in [0.4, 0.5) is 0 Å². The van der Waals surface area contributed by atoms with Gasteiger partial charge < -0.3 is 9.47 Å². The molecule has 1 aromatic rings. The molecule has 0 unspecified atom stereocenters. The van der Waals surface area contributed by atoms with E-state index in [0.29, 0.717) is 5.92 Å². The molecular weight excluding hydrogens is 328 g/mol. The summed E-state index contributed by atoms with van der Waals surface area (Å²) in [6.45, 7) is 15.4. The minimum absolute atomic E-state index is 0.0275. The Kier molecular flexibility index (Phi) is 7.86. The van der Waals surface area contributed by atoms with Gasteiger partial charge in [-0.1, -0.05) is 50.6 Å². The molecule has 0 N–H and O–H groups in total. The fraction of sp³-hybridized carbons (Fsp3) is 0.636. The van der Waals surface area contributed by atoms with Crippen LogP contribution in [-0.2, 0) is 19.1 Å². The van der Waals surface area contributed by atoms with E-state index in [1.54, 1.807) is 6.92 Å². The zero-order valence-corrected chi connectivity index (χ0v) is 17.5. The summed E-state index contributed by atoms with van der Waals surface area (Å²) in [6.07, 6.45) is -0.244. The van der Waals surface area contributed by atoms with Gasteiger partial charge in [-0.2, -0.15) is 0 Å². The topological polar surface area (TPSA) is 52.6 Å². The fourth-order valence-corrected chi connectivity index (χ4v) is 3.08. The van der Waals surface area contributed by atoms with Gasteiger partial charge in [0, 0.05) is 5.92 Å². The van der Waals surface area contributed by atoms with Crippen molar-refractivity contribution >= 4 is 11.9 Å². The molecule has 0 radical (unpaired) electrons. The van der Waals surface area contributed by atoms with Crippen LogP contribution >= 0.6 is 0 Å². The van der Waals surface area contributed by atoms with E-state index < -0.39 is 11.5 Å². The summed E-state index contributed by atoms with van der Waals surface area (Å²) < 4.78 is 11.0. The summed E-state index contributed by atoms with van der Waals surface area (Å²) in [5.41, 5.74) is 1.81. The summed E-state index contributed by atoms with van der Waals surface area (Å²) >= 11 is 0. The zero-order valence-electron chi connectivity index (χ0n) is 17.5. The largest absolute Gasteiger partial charge is 0.462 e. The molecule has 26 heavy (non-hydrogen) atoms. The lowest BCUT2D eigenvalue weighted by Crippen LogP contribution is -2.31. The quantitative estimate of drug-likeness (QED) is 0.638. The van der Waals surface area contributed by atoms with Gasteiger partial charge in [0.1, 0.15) is 11.7 Å². The highest BCUT2D eigenvalue weighted by Gasteiger charge is 2.29. The first-order chi connectivity index (χ1) is 11.9. The Morgan fingerprint density at radius 1 is 1.00 bits per heavy atom. The second-order valence-electron chi connectivity index (χ2n) is 8.51. The van der Waals surface area contributed by atoms with Gasteiger partial charge in [0.2, 0.25) is 0 Å². The molecule has 1 rings (SSSR count). The minimum Gasteiger partial charge on any atom is -0.462 e. The number of hydrogen-bond donors (Lipinski definition) is 0. The summed E-state index contributed by atoms with van der Waals surface area (Å²) in [4.78, 5) is 24.4. The van der Waals surface area contributed by atoms with E-state index in [9.17, 15) is 9.59 Å². The van der Waals surface area contributed by atoms with Crippen LogP contribution in [0.15, 0.2) is 24.3 Å². The highest BCUT2D eigenvalue weighted by Crippen LogP contribution is 2.30. The Morgan fingerprint density at radius 2 is 1.54 bits per heavy atom. The Labute approximate surface area is 158 Å². The smallest absolute Gasteiger partial charge is 0.309 e. The number of carbonyl (C=O) groups excluding carboxylic acids is 2. The highest BCUT2D eigenvalue weighted by molar-refractivity contribution is 5.79. The third-order valence-corrected chi connectivity index (χ3v) is 4.28. The Hall–Kier alpha value is -1.84. The minimum atomic E-state index is -0.553. The van der Waals surface area contributed by atoms with Crippen molar-refractivity contribution in [2.24, 2.45) is 11.8 Å². The van der Waals surface area contributed by atoms with Crippen LogP contribution in [0.3, 0.4) is 0 Å². The molecule has 0 aliphatic rings. The summed E-state index contributed by atoms with van der Waals surface area (Å²) in [7, 11) is 0. The van der Waals surface area contributed by atoms with Gasteiger partial charge in [0.05, 0.1) is 12.3 Å². The first-order valence-corrected chi connectivity index (χ1v) is 9.39. The zero-order chi connectivity index (χ0) is 20.1. The van der Waals surface area contributed by atoms with Crippen molar-refractivity contribution in [3.8, 4) is 0 Å². The number of hydrogen-bond acceptors (Lipinski definition) is 4. The molecule has 4 heteroatoms. The van der Waals surface area contributed by atoms with Crippen molar-refractivity contribution < 1.29 is 19.1 Å². The van der Waals surface area contributed by atoms with E-state index in [1.807, 2.05) is 27.7 Å². The van der Waals surface area contributed by atoms with Crippen LogP contribution in [-0.4, -0.2) is 23.6 Å². The number of aryl methyl sites for hydroxylation is 1. The first-order valence-electron chi connectivity index (χ1n) is 9.39. The molecule has 0 aromatic heterocycles. The van der Waals surface area contributed by atoms with Crippen LogP contribution < -0.4 is 0 Å². The molecule has 0 fully saturated rings. The number of benzene rings is 1. The molecule has 4 nitrogen and oxygen atoms in total. The van der Waals surface area contributed by atoms with Gasteiger partial charge >= 0.3 is 11.9 Å². The van der Waals surface area contributed by atoms with E-state index in [4.69, 9.17) is 9.47 Å². The molecular formula is C22H34O4. The number of carbonyl (C=O) groups is 2. The van der Waals surface area contributed by atoms with Gasteiger partial charge in [-0.25, -0.2) is 0 Å². The lowest BCUT2D eigenvalue weighted by molar-refractivity contribution is -0.163. The predicted octanol–water partition coefficient (Wildman–Crippen LogP) is 5.03. The van der Waals surface area contributed by atoms with Gasteiger partial charge in [0.25, 0.3) is 0 Å². The first kappa shape index (κ1) is 22.2. The molecule has 0 saturated carbocycles. The predicted molar refractivity (Wildman–Crippen MR) is 104 cm³/mol. The standard InChI is InChI=1S/C22H34O4/c1-14(2)20(18-11-9-15(3)10-12-18)17(5)25-21(24)16(4)13-19(23)26-22(6,7)8/h9-12,14,16-17,20H,13H2,1-8H3/t16-,17+,20-/m1/s1. The molecule has 0 amide bonds. The lowest BCUT2D eigenvalue weighted by Gasteiger charge is -2.29. The maximum atomic E-state index is 12.4. The monoisotopic (exact) mass is 362 g/mol. The van der Waals surface area contributed by atoms with Crippen molar-refractivity contribution in [1.29, 1.82) is 0 Å². The van der Waals surface area contributed by atoms with Crippen molar-refractivity contribution in [1.82, 2.24) is 0 Å². The highest BCUT2D eigenvalue weighted by atomic mass is 16.6. The normalized spacial score (nSPS) is 15.3. The van der Waals surface area contributed by atoms with E-state index in [2.05, 4.69) is 45.0 Å². The van der Waals surface area contributed by atoms with Crippen LogP contribution in [0.1, 0.15) is 71.9 Å². The molecule has 0 saturated heterocycles. The van der Waals surface area contributed by atoms with Gasteiger partial charge in [-0.15, -0.1) is 0 Å². The Balaban J connectivity index is 2.73. The Bertz CT molecular complexity index is 596. The maximum Gasteiger partial charge on any atom is 0.309 e. The fourth-order valence-electron chi connectivity index (χ4n) is 3.08. The average Bonchev–Trinajstić information content (AvgIpc) is 2.46. The summed E-state index contributed by atoms with van der Waals surface area (Å²) in [5.74, 6) is -0.845. The molecule has 0 heterocycles. The number of esters is 2. The molecule has 0 aliphatic carbocycles. The second kappa shape index (κ2) is 9.20. The average molecular weight is 363 g/mol. The van der Waals surface area contributed by atoms with Crippen molar-refractivity contribution in [2.45, 2.75) is 79.4 Å². The van der Waals surface area contributed by atoms with E-state index in [0.717, 1.165) is 5.56 Å². The van der Waals surface area contributed by atoms with Gasteiger partial charge in [0.15, 0.2) is 0 Å². The summed E-state index contributed by atoms with van der Waals surface area (Å²) in [6, 6.07) is 8.33. The van der Waals surface area contributed by atoms with Crippen molar-refractivity contribution in [2.75, 3.05) is 0 Å². The third kappa shape index (κ3) is 7.19. The maximum absolute atomic E-state index is 12.4. The third-order valence-electron chi connectivity index (χ3n) is 4.28. The van der Waals surface area contributed by atoms with Gasteiger partial charge in [-0.3, -0.25) is 9.59 Å². The molecule has 0 bridgehead atoms. The number of rotatable bonds is 7. The molecule has 146 valence electrons. The van der Waals surface area contributed by atoms with E-state index in [-0.39, 0.29) is 30.4 Å². The van der Waals surface area contributed by atoms with Crippen molar-refractivity contribution in [3.63, 3.8) is 0 Å². The van der Waals surface area contributed by atoms with Crippen LogP contribution in [0.5, 0.6) is 0 Å². The SMILES string of the molecule is Cc1ccc([C@H](C(C)C)[C@H](C)OC(=O)[C@H](C)CC(=O)OC(C)(C)C)cc1. The Morgan fingerprint density at radius 3 is 2.00 bits per heavy atom. The van der Waals surface area contributed by atoms with Crippen LogP contribution in [0.2, 0.25) is 0 Å². The lowest BCUT2D eigenvalue weighted by atomic mass is 9.84. The van der Waals surface area contributed by atoms with Crippen molar-refractivity contribution in [3.05, 3.63) is 35.4 Å². The molecule has 1 aromatic carbocycles. The molecule has 0 spiro atoms.